The van der Waals surface area contributed by atoms with E-state index in [1.165, 1.54) is 0 Å². The van der Waals surface area contributed by atoms with Gasteiger partial charge in [-0.25, -0.2) is 0 Å². The van der Waals surface area contributed by atoms with Crippen LogP contribution in [0.5, 0.6) is 0 Å². The third-order valence-corrected chi connectivity index (χ3v) is 5.53. The largest absolute Gasteiger partial charge is 0.343 e. The van der Waals surface area contributed by atoms with Gasteiger partial charge < -0.3 is 21.3 Å². The summed E-state index contributed by atoms with van der Waals surface area (Å²) in [5.41, 5.74) is 6.37. The number of anilines is 1. The van der Waals surface area contributed by atoms with Crippen LogP contribution in [-0.2, 0) is 14.4 Å². The molecule has 1 heterocycles. The Morgan fingerprint density at radius 1 is 1.07 bits per heavy atom. The Kier molecular flexibility index (Phi) is 6.72. The molecule has 1 aliphatic rings. The molecular formula is C23H30N4O3. The molecule has 0 unspecified atom stereocenters. The van der Waals surface area contributed by atoms with Crippen LogP contribution in [0.1, 0.15) is 33.6 Å². The molecule has 0 aromatic heterocycles. The first-order valence-corrected chi connectivity index (χ1v) is 10.4. The molecule has 3 amide bonds. The number of hydrogen-bond acceptors (Lipinski definition) is 4. The molecule has 7 heteroatoms. The van der Waals surface area contributed by atoms with Crippen LogP contribution in [0.25, 0.3) is 10.8 Å². The second kappa shape index (κ2) is 9.26. The van der Waals surface area contributed by atoms with Crippen molar-refractivity contribution in [2.75, 3.05) is 11.9 Å². The van der Waals surface area contributed by atoms with Crippen molar-refractivity contribution in [1.82, 2.24) is 10.2 Å². The number of carbonyl (C=O) groups is 3. The van der Waals surface area contributed by atoms with Crippen LogP contribution in [0.3, 0.4) is 0 Å². The summed E-state index contributed by atoms with van der Waals surface area (Å²) in [6.07, 6.45) is 1.33. The van der Waals surface area contributed by atoms with Crippen molar-refractivity contribution >= 4 is 34.2 Å². The summed E-state index contributed by atoms with van der Waals surface area (Å²) in [6, 6.07) is 11.6. The van der Waals surface area contributed by atoms with Gasteiger partial charge in [0.05, 0.1) is 6.04 Å². The summed E-state index contributed by atoms with van der Waals surface area (Å²) in [6.45, 7) is 5.80. The van der Waals surface area contributed by atoms with Crippen LogP contribution in [-0.4, -0.2) is 47.3 Å². The van der Waals surface area contributed by atoms with Crippen molar-refractivity contribution in [3.63, 3.8) is 0 Å². The van der Waals surface area contributed by atoms with Crippen LogP contribution in [0.4, 0.5) is 5.69 Å². The van der Waals surface area contributed by atoms with Crippen LogP contribution < -0.4 is 16.4 Å². The summed E-state index contributed by atoms with van der Waals surface area (Å²) in [5.74, 6) is -0.951. The summed E-state index contributed by atoms with van der Waals surface area (Å²) < 4.78 is 0. The van der Waals surface area contributed by atoms with Crippen molar-refractivity contribution in [3.8, 4) is 0 Å². The zero-order valence-corrected chi connectivity index (χ0v) is 17.7. The third kappa shape index (κ3) is 4.62. The summed E-state index contributed by atoms with van der Waals surface area (Å²) in [4.78, 5) is 40.0. The number of hydrogen-bond donors (Lipinski definition) is 3. The van der Waals surface area contributed by atoms with Crippen LogP contribution in [0, 0.1) is 5.92 Å². The van der Waals surface area contributed by atoms with E-state index in [1.54, 1.807) is 11.8 Å². The topological polar surface area (TPSA) is 105 Å². The smallest absolute Gasteiger partial charge is 0.247 e. The fourth-order valence-corrected chi connectivity index (χ4v) is 3.83. The Morgan fingerprint density at radius 3 is 2.47 bits per heavy atom. The number of nitrogens with zero attached hydrogens (tertiary/aromatic N) is 1. The number of nitrogens with two attached hydrogens (primary N) is 1. The molecule has 30 heavy (non-hydrogen) atoms. The number of benzene rings is 2. The molecular weight excluding hydrogens is 380 g/mol. The molecule has 3 atom stereocenters. The van der Waals surface area contributed by atoms with Crippen molar-refractivity contribution in [2.45, 2.75) is 51.7 Å². The molecule has 3 rings (SSSR count). The second-order valence-electron chi connectivity index (χ2n) is 8.22. The molecule has 0 spiro atoms. The molecule has 0 radical (unpaired) electrons. The number of likely N-dealkylation sites (tertiary alicyclic amines) is 1. The van der Waals surface area contributed by atoms with Gasteiger partial charge in [-0.05, 0) is 37.1 Å². The van der Waals surface area contributed by atoms with E-state index in [1.807, 2.05) is 56.3 Å². The lowest BCUT2D eigenvalue weighted by Gasteiger charge is -2.31. The Morgan fingerprint density at radius 2 is 1.77 bits per heavy atom. The van der Waals surface area contributed by atoms with E-state index in [4.69, 9.17) is 5.73 Å². The first kappa shape index (κ1) is 21.8. The van der Waals surface area contributed by atoms with E-state index in [2.05, 4.69) is 10.6 Å². The van der Waals surface area contributed by atoms with Gasteiger partial charge in [0.25, 0.3) is 0 Å². The van der Waals surface area contributed by atoms with Gasteiger partial charge in [-0.2, -0.15) is 0 Å². The highest BCUT2D eigenvalue weighted by Gasteiger charge is 2.38. The zero-order chi connectivity index (χ0) is 21.8. The van der Waals surface area contributed by atoms with E-state index in [-0.39, 0.29) is 23.6 Å². The summed E-state index contributed by atoms with van der Waals surface area (Å²) in [7, 11) is 0. The third-order valence-electron chi connectivity index (χ3n) is 5.53. The molecule has 0 saturated carbocycles. The Bertz CT molecular complexity index is 936. The lowest BCUT2D eigenvalue weighted by atomic mass is 10.0. The number of carbonyl (C=O) groups excluding carboxylic acids is 3. The highest BCUT2D eigenvalue weighted by molar-refractivity contribution is 6.05. The molecule has 7 nitrogen and oxygen atoms in total. The van der Waals surface area contributed by atoms with Crippen molar-refractivity contribution < 1.29 is 14.4 Å². The number of nitrogens with one attached hydrogen (secondary N) is 2. The molecule has 1 fully saturated rings. The summed E-state index contributed by atoms with van der Waals surface area (Å²) >= 11 is 0. The van der Waals surface area contributed by atoms with E-state index in [0.29, 0.717) is 13.0 Å². The Balaban J connectivity index is 1.77. The first-order chi connectivity index (χ1) is 14.3. The molecule has 0 aliphatic carbocycles. The average molecular weight is 411 g/mol. The molecule has 160 valence electrons. The predicted octanol–water partition coefficient (Wildman–Crippen LogP) is 2.26. The fraction of sp³-hybridized carbons (Fsp3) is 0.435. The molecule has 1 aliphatic heterocycles. The second-order valence-corrected chi connectivity index (χ2v) is 8.22. The maximum atomic E-state index is 13.2. The van der Waals surface area contributed by atoms with E-state index in [9.17, 15) is 14.4 Å². The molecule has 0 bridgehead atoms. The van der Waals surface area contributed by atoms with Crippen molar-refractivity contribution in [1.29, 1.82) is 0 Å². The van der Waals surface area contributed by atoms with Crippen molar-refractivity contribution in [3.05, 3.63) is 42.5 Å². The molecule has 1 saturated heterocycles. The Labute approximate surface area is 177 Å². The van der Waals surface area contributed by atoms with E-state index < -0.39 is 18.1 Å². The first-order valence-electron chi connectivity index (χ1n) is 10.4. The van der Waals surface area contributed by atoms with Crippen LogP contribution >= 0.6 is 0 Å². The van der Waals surface area contributed by atoms with Gasteiger partial charge in [-0.1, -0.05) is 50.2 Å². The highest BCUT2D eigenvalue weighted by Crippen LogP contribution is 2.26. The number of amides is 3. The van der Waals surface area contributed by atoms with E-state index in [0.717, 1.165) is 22.9 Å². The Hall–Kier alpha value is -2.93. The zero-order valence-electron chi connectivity index (χ0n) is 17.7. The number of fused-ring (bicyclic) bond motifs is 1. The monoisotopic (exact) mass is 410 g/mol. The number of rotatable bonds is 6. The van der Waals surface area contributed by atoms with Gasteiger partial charge in [0.2, 0.25) is 17.7 Å². The molecule has 2 aromatic rings. The highest BCUT2D eigenvalue weighted by atomic mass is 16.2. The minimum Gasteiger partial charge on any atom is -0.343 e. The average Bonchev–Trinajstić information content (AvgIpc) is 3.21. The standard InChI is InChI=1S/C23H30N4O3/c1-14(2)20(26-21(28)15(3)24)23(30)27-13-7-12-19(27)22(29)25-18-11-6-9-16-8-4-5-10-17(16)18/h4-6,8-11,14-15,19-20H,7,12-13,24H2,1-3H3,(H,25,29)(H,26,28)/t15-,19-,20-/m0/s1. The minimum atomic E-state index is -0.713. The van der Waals surface area contributed by atoms with E-state index >= 15 is 0 Å². The lowest BCUT2D eigenvalue weighted by molar-refractivity contribution is -0.141. The SMILES string of the molecule is CC(C)[C@H](NC(=O)[C@H](C)N)C(=O)N1CCC[C@H]1C(=O)Nc1cccc2ccccc12. The summed E-state index contributed by atoms with van der Waals surface area (Å²) in [5, 5.41) is 7.73. The van der Waals surface area contributed by atoms with Crippen LogP contribution in [0.2, 0.25) is 0 Å². The van der Waals surface area contributed by atoms with Gasteiger partial charge in [0.15, 0.2) is 0 Å². The molecule has 4 N–H and O–H groups in total. The van der Waals surface area contributed by atoms with Crippen molar-refractivity contribution in [2.24, 2.45) is 11.7 Å². The fourth-order valence-electron chi connectivity index (χ4n) is 3.83. The molecule has 2 aromatic carbocycles. The van der Waals surface area contributed by atoms with Gasteiger partial charge >= 0.3 is 0 Å². The maximum Gasteiger partial charge on any atom is 0.247 e. The minimum absolute atomic E-state index is 0.123. The van der Waals surface area contributed by atoms with Gasteiger partial charge in [-0.3, -0.25) is 14.4 Å². The predicted molar refractivity (Wildman–Crippen MR) is 118 cm³/mol. The van der Waals surface area contributed by atoms with Gasteiger partial charge in [0.1, 0.15) is 12.1 Å². The van der Waals surface area contributed by atoms with Gasteiger partial charge in [-0.15, -0.1) is 0 Å². The van der Waals surface area contributed by atoms with Gasteiger partial charge in [0, 0.05) is 17.6 Å². The normalized spacial score (nSPS) is 18.3. The quantitative estimate of drug-likeness (QED) is 0.679. The van der Waals surface area contributed by atoms with Crippen LogP contribution in [0.15, 0.2) is 42.5 Å². The maximum absolute atomic E-state index is 13.2. The lowest BCUT2D eigenvalue weighted by Crippen LogP contribution is -2.56.